The lowest BCUT2D eigenvalue weighted by Gasteiger charge is -2.25. The van der Waals surface area contributed by atoms with E-state index in [0.29, 0.717) is 5.41 Å². The molecule has 0 nitrogen and oxygen atoms in total. The Balaban J connectivity index is 0.000000433. The highest BCUT2D eigenvalue weighted by Gasteiger charge is 2.19. The summed E-state index contributed by atoms with van der Waals surface area (Å²) in [5.41, 5.74) is 3.16. The van der Waals surface area contributed by atoms with Gasteiger partial charge in [0.2, 0.25) is 0 Å². The fourth-order valence-electron chi connectivity index (χ4n) is 2.67. The van der Waals surface area contributed by atoms with Gasteiger partial charge >= 0.3 is 0 Å². The zero-order valence-corrected chi connectivity index (χ0v) is 16.2. The van der Waals surface area contributed by atoms with E-state index in [-0.39, 0.29) is 0 Å². The summed E-state index contributed by atoms with van der Waals surface area (Å²) >= 11 is 0. The van der Waals surface area contributed by atoms with E-state index in [0.717, 1.165) is 25.2 Å². The van der Waals surface area contributed by atoms with Gasteiger partial charge in [-0.2, -0.15) is 0 Å². The fraction of sp³-hybridized carbons (Fsp3) is 0.565. The molecule has 0 atom stereocenters. The van der Waals surface area contributed by atoms with Crippen molar-refractivity contribution in [2.45, 2.75) is 73.1 Å². The first-order chi connectivity index (χ1) is 10.8. The van der Waals surface area contributed by atoms with E-state index in [2.05, 4.69) is 72.1 Å². The zero-order chi connectivity index (χ0) is 17.7. The van der Waals surface area contributed by atoms with Crippen LogP contribution in [0.25, 0.3) is 0 Å². The van der Waals surface area contributed by atoms with Crippen molar-refractivity contribution in [3.8, 4) is 0 Å². The molecule has 0 unspecified atom stereocenters. The highest BCUT2D eigenvalue weighted by Crippen LogP contribution is 2.31. The van der Waals surface area contributed by atoms with Crippen molar-refractivity contribution in [1.82, 2.24) is 0 Å². The molecule has 0 fully saturated rings. The number of hydrogen-bond donors (Lipinski definition) is 0. The van der Waals surface area contributed by atoms with Gasteiger partial charge in [0.25, 0.3) is 0 Å². The molecule has 0 aromatic carbocycles. The summed E-state index contributed by atoms with van der Waals surface area (Å²) in [5.74, 6) is 0.912. The van der Waals surface area contributed by atoms with Crippen LogP contribution in [0.4, 0.5) is 0 Å². The quantitative estimate of drug-likeness (QED) is 0.401. The molecule has 0 aliphatic heterocycles. The Hall–Kier alpha value is -1.30. The molecule has 0 aromatic rings. The number of rotatable bonds is 8. The monoisotopic (exact) mass is 314 g/mol. The zero-order valence-electron chi connectivity index (χ0n) is 16.2. The Morgan fingerprint density at radius 2 is 1.39 bits per heavy atom. The molecular weight excluding hydrogens is 276 g/mol. The molecule has 0 saturated carbocycles. The smallest absolute Gasteiger partial charge is 0.0222 e. The van der Waals surface area contributed by atoms with Crippen LogP contribution < -0.4 is 0 Å². The maximum atomic E-state index is 3.80. The van der Waals surface area contributed by atoms with Gasteiger partial charge in [0, 0.05) is 0 Å². The average Bonchev–Trinajstić information content (AvgIpc) is 2.98. The van der Waals surface area contributed by atoms with E-state index in [1.807, 2.05) is 12.2 Å². The first-order valence-corrected chi connectivity index (χ1v) is 8.96. The summed E-state index contributed by atoms with van der Waals surface area (Å²) in [4.78, 5) is 0. The number of hydrogen-bond acceptors (Lipinski definition) is 0. The van der Waals surface area contributed by atoms with Crippen molar-refractivity contribution in [3.05, 3.63) is 60.8 Å². The van der Waals surface area contributed by atoms with Crippen LogP contribution in [0.5, 0.6) is 0 Å². The van der Waals surface area contributed by atoms with E-state index in [1.165, 1.54) is 30.4 Å². The third-order valence-electron chi connectivity index (χ3n) is 4.24. The van der Waals surface area contributed by atoms with Crippen LogP contribution in [0.1, 0.15) is 73.1 Å². The molecule has 1 rings (SSSR count). The third-order valence-corrected chi connectivity index (χ3v) is 4.24. The molecule has 1 aliphatic carbocycles. The summed E-state index contributed by atoms with van der Waals surface area (Å²) in [7, 11) is 0. The maximum absolute atomic E-state index is 3.80. The standard InChI is InChI=1S/C13H22.C10H16/c1-6-9-13(5,10-7-2)11-8-12(3)4;1-9(2)7-8-10-5-3-4-6-10/h6-8H,1-2,9-11H2,3-5H3;3-4,7,10H,5-6,8H2,1-2H3. The minimum absolute atomic E-state index is 0.320. The highest BCUT2D eigenvalue weighted by atomic mass is 14.2. The first kappa shape index (κ1) is 21.7. The van der Waals surface area contributed by atoms with Crippen molar-refractivity contribution < 1.29 is 0 Å². The van der Waals surface area contributed by atoms with Crippen molar-refractivity contribution in [2.75, 3.05) is 0 Å². The molecule has 0 aromatic heterocycles. The van der Waals surface area contributed by atoms with Gasteiger partial charge in [-0.3, -0.25) is 0 Å². The number of allylic oxidation sites excluding steroid dienone is 8. The molecule has 0 heterocycles. The fourth-order valence-corrected chi connectivity index (χ4v) is 2.67. The lowest BCUT2D eigenvalue weighted by molar-refractivity contribution is 0.337. The minimum Gasteiger partial charge on any atom is -0.103 e. The lowest BCUT2D eigenvalue weighted by atomic mass is 9.80. The molecule has 0 heteroatoms. The summed E-state index contributed by atoms with van der Waals surface area (Å²) in [6.07, 6.45) is 20.3. The predicted molar refractivity (Wildman–Crippen MR) is 108 cm³/mol. The summed E-state index contributed by atoms with van der Waals surface area (Å²) in [6.45, 7) is 18.5. The van der Waals surface area contributed by atoms with E-state index < -0.39 is 0 Å². The van der Waals surface area contributed by atoms with Crippen LogP contribution in [0, 0.1) is 11.3 Å². The molecule has 1 aliphatic rings. The van der Waals surface area contributed by atoms with Gasteiger partial charge in [0.05, 0.1) is 0 Å². The summed E-state index contributed by atoms with van der Waals surface area (Å²) in [5, 5.41) is 0. The van der Waals surface area contributed by atoms with Gasteiger partial charge in [-0.15, -0.1) is 13.2 Å². The van der Waals surface area contributed by atoms with Gasteiger partial charge in [-0.05, 0) is 77.6 Å². The van der Waals surface area contributed by atoms with E-state index in [1.54, 1.807) is 0 Å². The molecular formula is C23H38. The van der Waals surface area contributed by atoms with Crippen LogP contribution in [0.15, 0.2) is 60.8 Å². The third kappa shape index (κ3) is 11.9. The van der Waals surface area contributed by atoms with Crippen molar-refractivity contribution >= 4 is 0 Å². The lowest BCUT2D eigenvalue weighted by Crippen LogP contribution is -2.13. The van der Waals surface area contributed by atoms with Gasteiger partial charge in [-0.25, -0.2) is 0 Å². The SMILES string of the molecule is C=CCC(C)(CC=C)CC=C(C)C.CC(C)=CCC1CC=CC1. The van der Waals surface area contributed by atoms with E-state index in [9.17, 15) is 0 Å². The molecule has 0 saturated heterocycles. The Labute approximate surface area is 145 Å². The second-order valence-corrected chi connectivity index (χ2v) is 7.61. The summed E-state index contributed by atoms with van der Waals surface area (Å²) in [6, 6.07) is 0. The van der Waals surface area contributed by atoms with Crippen LogP contribution in [0.3, 0.4) is 0 Å². The minimum atomic E-state index is 0.320. The van der Waals surface area contributed by atoms with Gasteiger partial charge in [0.15, 0.2) is 0 Å². The summed E-state index contributed by atoms with van der Waals surface area (Å²) < 4.78 is 0. The van der Waals surface area contributed by atoms with Crippen molar-refractivity contribution in [2.24, 2.45) is 11.3 Å². The maximum Gasteiger partial charge on any atom is -0.0222 e. The second-order valence-electron chi connectivity index (χ2n) is 7.61. The molecule has 0 amide bonds. The molecule has 130 valence electrons. The van der Waals surface area contributed by atoms with E-state index in [4.69, 9.17) is 0 Å². The molecule has 0 radical (unpaired) electrons. The van der Waals surface area contributed by atoms with Crippen LogP contribution >= 0.6 is 0 Å². The average molecular weight is 315 g/mol. The van der Waals surface area contributed by atoms with Crippen LogP contribution in [-0.2, 0) is 0 Å². The van der Waals surface area contributed by atoms with Gasteiger partial charge in [0.1, 0.15) is 0 Å². The second kappa shape index (κ2) is 12.2. The van der Waals surface area contributed by atoms with Crippen molar-refractivity contribution in [1.29, 1.82) is 0 Å². The molecule has 0 bridgehead atoms. The predicted octanol–water partition coefficient (Wildman–Crippen LogP) is 7.81. The van der Waals surface area contributed by atoms with Crippen LogP contribution in [-0.4, -0.2) is 0 Å². The Morgan fingerprint density at radius 3 is 1.78 bits per heavy atom. The Bertz CT molecular complexity index is 405. The normalized spacial score (nSPS) is 13.8. The molecule has 0 spiro atoms. The topological polar surface area (TPSA) is 0 Å². The van der Waals surface area contributed by atoms with Crippen molar-refractivity contribution in [3.63, 3.8) is 0 Å². The first-order valence-electron chi connectivity index (χ1n) is 8.96. The van der Waals surface area contributed by atoms with Gasteiger partial charge in [-0.1, -0.05) is 54.5 Å². The Morgan fingerprint density at radius 1 is 0.913 bits per heavy atom. The Kier molecular flexibility index (Phi) is 11.5. The molecule has 0 N–H and O–H groups in total. The van der Waals surface area contributed by atoms with Gasteiger partial charge < -0.3 is 0 Å². The largest absolute Gasteiger partial charge is 0.103 e. The van der Waals surface area contributed by atoms with E-state index >= 15 is 0 Å². The highest BCUT2D eigenvalue weighted by molar-refractivity contribution is 5.01. The van der Waals surface area contributed by atoms with Crippen LogP contribution in [0.2, 0.25) is 0 Å². The molecule has 23 heavy (non-hydrogen) atoms.